The summed E-state index contributed by atoms with van der Waals surface area (Å²) in [6.07, 6.45) is 0.772. The highest BCUT2D eigenvalue weighted by Gasteiger charge is 2.27. The van der Waals surface area contributed by atoms with Gasteiger partial charge in [-0.1, -0.05) is 15.9 Å². The summed E-state index contributed by atoms with van der Waals surface area (Å²) >= 11 is 8.85. The van der Waals surface area contributed by atoms with E-state index in [-0.39, 0.29) is 17.3 Å². The molecule has 1 aliphatic heterocycles. The Balaban J connectivity index is 2.60. The van der Waals surface area contributed by atoms with Crippen LogP contribution in [0.3, 0.4) is 0 Å². The first-order chi connectivity index (χ1) is 9.43. The molecule has 0 aliphatic carbocycles. The number of hydrogen-bond donors (Lipinski definition) is 1. The maximum absolute atomic E-state index is 11.5. The van der Waals surface area contributed by atoms with Gasteiger partial charge in [-0.25, -0.2) is 0 Å². The number of alkyl halides is 1. The van der Waals surface area contributed by atoms with Crippen LogP contribution in [0.5, 0.6) is 0 Å². The number of nitro groups is 1. The number of anilines is 1. The van der Waals surface area contributed by atoms with E-state index in [4.69, 9.17) is 11.6 Å². The summed E-state index contributed by atoms with van der Waals surface area (Å²) in [6.45, 7) is 1.42. The molecule has 1 aromatic carbocycles. The molecule has 8 heteroatoms. The number of hydrogen-bond acceptors (Lipinski definition) is 4. The SMILES string of the molecule is CN1CCc2c(Br)cc([N+](=O)[O-])c(NC(=O)CCl)c2C1. The van der Waals surface area contributed by atoms with Gasteiger partial charge in [-0.3, -0.25) is 14.9 Å². The van der Waals surface area contributed by atoms with Crippen molar-refractivity contribution in [3.63, 3.8) is 0 Å². The zero-order valence-electron chi connectivity index (χ0n) is 10.8. The number of halogens is 2. The average molecular weight is 363 g/mol. The number of carbonyl (C=O) groups excluding carboxylic acids is 1. The van der Waals surface area contributed by atoms with E-state index in [1.54, 1.807) is 0 Å². The molecule has 1 N–H and O–H groups in total. The first-order valence-electron chi connectivity index (χ1n) is 5.97. The third-order valence-electron chi connectivity index (χ3n) is 3.23. The highest BCUT2D eigenvalue weighted by Crippen LogP contribution is 2.39. The quantitative estimate of drug-likeness (QED) is 0.509. The first kappa shape index (κ1) is 15.2. The molecule has 0 unspecified atom stereocenters. The Morgan fingerprint density at radius 1 is 1.60 bits per heavy atom. The molecule has 0 saturated carbocycles. The van der Waals surface area contributed by atoms with Crippen molar-refractivity contribution in [2.24, 2.45) is 0 Å². The van der Waals surface area contributed by atoms with Crippen molar-refractivity contribution in [1.29, 1.82) is 0 Å². The van der Waals surface area contributed by atoms with Gasteiger partial charge in [0, 0.05) is 29.2 Å². The van der Waals surface area contributed by atoms with Crippen LogP contribution in [0.2, 0.25) is 0 Å². The molecule has 0 fully saturated rings. The molecule has 1 aliphatic rings. The average Bonchev–Trinajstić information content (AvgIpc) is 2.40. The number of benzene rings is 1. The maximum atomic E-state index is 11.5. The van der Waals surface area contributed by atoms with E-state index in [0.29, 0.717) is 11.0 Å². The third-order valence-corrected chi connectivity index (χ3v) is 4.18. The number of nitro benzene ring substituents is 1. The van der Waals surface area contributed by atoms with Crippen molar-refractivity contribution >= 4 is 44.8 Å². The maximum Gasteiger partial charge on any atom is 0.294 e. The van der Waals surface area contributed by atoms with Gasteiger partial charge in [0.05, 0.1) is 4.92 Å². The largest absolute Gasteiger partial charge is 0.319 e. The van der Waals surface area contributed by atoms with Crippen molar-refractivity contribution in [3.8, 4) is 0 Å². The summed E-state index contributed by atoms with van der Waals surface area (Å²) in [4.78, 5) is 24.3. The van der Waals surface area contributed by atoms with Gasteiger partial charge >= 0.3 is 0 Å². The normalized spacial score (nSPS) is 14.8. The highest BCUT2D eigenvalue weighted by molar-refractivity contribution is 9.10. The van der Waals surface area contributed by atoms with E-state index in [2.05, 4.69) is 26.1 Å². The second kappa shape index (κ2) is 6.07. The minimum atomic E-state index is -0.497. The lowest BCUT2D eigenvalue weighted by molar-refractivity contribution is -0.384. The molecule has 0 aromatic heterocycles. The molecule has 1 amide bonds. The van der Waals surface area contributed by atoms with Crippen LogP contribution >= 0.6 is 27.5 Å². The highest BCUT2D eigenvalue weighted by atomic mass is 79.9. The van der Waals surface area contributed by atoms with Gasteiger partial charge < -0.3 is 10.2 Å². The molecule has 20 heavy (non-hydrogen) atoms. The lowest BCUT2D eigenvalue weighted by Crippen LogP contribution is -2.29. The number of nitrogens with zero attached hydrogens (tertiary/aromatic N) is 2. The summed E-state index contributed by atoms with van der Waals surface area (Å²) in [5.41, 5.74) is 1.91. The Morgan fingerprint density at radius 3 is 2.90 bits per heavy atom. The molecule has 0 atom stereocenters. The number of nitrogens with one attached hydrogen (secondary N) is 1. The Morgan fingerprint density at radius 2 is 2.30 bits per heavy atom. The zero-order chi connectivity index (χ0) is 14.9. The van der Waals surface area contributed by atoms with E-state index >= 15 is 0 Å². The van der Waals surface area contributed by atoms with Gasteiger partial charge in [-0.05, 0) is 19.0 Å². The Hall–Kier alpha value is -1.18. The van der Waals surface area contributed by atoms with Gasteiger partial charge in [-0.2, -0.15) is 0 Å². The number of amides is 1. The van der Waals surface area contributed by atoms with Crippen molar-refractivity contribution < 1.29 is 9.72 Å². The monoisotopic (exact) mass is 361 g/mol. The lowest BCUT2D eigenvalue weighted by atomic mass is 9.97. The minimum Gasteiger partial charge on any atom is -0.319 e. The lowest BCUT2D eigenvalue weighted by Gasteiger charge is -2.27. The topological polar surface area (TPSA) is 75.5 Å². The van der Waals surface area contributed by atoms with Crippen LogP contribution in [0, 0.1) is 10.1 Å². The van der Waals surface area contributed by atoms with Gasteiger partial charge in [0.1, 0.15) is 11.6 Å². The minimum absolute atomic E-state index is 0.121. The summed E-state index contributed by atoms with van der Waals surface area (Å²) in [5, 5.41) is 13.8. The van der Waals surface area contributed by atoms with Crippen LogP contribution in [0.4, 0.5) is 11.4 Å². The molecule has 6 nitrogen and oxygen atoms in total. The van der Waals surface area contributed by atoms with E-state index in [1.165, 1.54) is 6.07 Å². The zero-order valence-corrected chi connectivity index (χ0v) is 13.1. The van der Waals surface area contributed by atoms with Crippen molar-refractivity contribution in [3.05, 3.63) is 31.8 Å². The smallest absolute Gasteiger partial charge is 0.294 e. The molecule has 0 spiro atoms. The van der Waals surface area contributed by atoms with Gasteiger partial charge in [0.2, 0.25) is 5.91 Å². The summed E-state index contributed by atoms with van der Waals surface area (Å²) < 4.78 is 0.705. The summed E-state index contributed by atoms with van der Waals surface area (Å²) in [5.74, 6) is -0.690. The van der Waals surface area contributed by atoms with Crippen LogP contribution in [0.25, 0.3) is 0 Å². The Kier molecular flexibility index (Phi) is 4.62. The summed E-state index contributed by atoms with van der Waals surface area (Å²) in [7, 11) is 1.93. The van der Waals surface area contributed by atoms with Crippen molar-refractivity contribution in [2.45, 2.75) is 13.0 Å². The molecule has 108 valence electrons. The van der Waals surface area contributed by atoms with Crippen LogP contribution in [-0.2, 0) is 17.8 Å². The third kappa shape index (κ3) is 2.94. The predicted molar refractivity (Wildman–Crippen MR) is 80.2 cm³/mol. The molecule has 1 aromatic rings. The van der Waals surface area contributed by atoms with Gasteiger partial charge in [0.15, 0.2) is 0 Å². The van der Waals surface area contributed by atoms with Crippen LogP contribution in [-0.4, -0.2) is 35.2 Å². The molecule has 1 heterocycles. The molecular weight excluding hydrogens is 350 g/mol. The fourth-order valence-electron chi connectivity index (χ4n) is 2.28. The fourth-order valence-corrected chi connectivity index (χ4v) is 3.00. The molecule has 0 bridgehead atoms. The molecule has 2 rings (SSSR count). The van der Waals surface area contributed by atoms with Crippen LogP contribution < -0.4 is 5.32 Å². The van der Waals surface area contributed by atoms with E-state index < -0.39 is 10.8 Å². The van der Waals surface area contributed by atoms with Crippen LogP contribution in [0.15, 0.2) is 10.5 Å². The van der Waals surface area contributed by atoms with E-state index in [0.717, 1.165) is 24.1 Å². The molecule has 0 saturated heterocycles. The van der Waals surface area contributed by atoms with E-state index in [9.17, 15) is 14.9 Å². The Labute approximate surface area is 129 Å². The number of fused-ring (bicyclic) bond motifs is 1. The molecule has 0 radical (unpaired) electrons. The van der Waals surface area contributed by atoms with Gasteiger partial charge in [-0.15, -0.1) is 11.6 Å². The van der Waals surface area contributed by atoms with Crippen LogP contribution in [0.1, 0.15) is 11.1 Å². The standard InChI is InChI=1S/C12H13BrClN3O3/c1-16-3-2-7-8(6-16)12(15-11(18)5-14)10(17(19)20)4-9(7)13/h4H,2-3,5-6H2,1H3,(H,15,18). The van der Waals surface area contributed by atoms with Gasteiger partial charge in [0.25, 0.3) is 5.69 Å². The summed E-state index contributed by atoms with van der Waals surface area (Å²) in [6, 6.07) is 1.44. The number of rotatable bonds is 3. The second-order valence-electron chi connectivity index (χ2n) is 4.64. The first-order valence-corrected chi connectivity index (χ1v) is 7.29. The van der Waals surface area contributed by atoms with E-state index in [1.807, 2.05) is 7.05 Å². The molecular formula is C12H13BrClN3O3. The second-order valence-corrected chi connectivity index (χ2v) is 5.76. The fraction of sp³-hybridized carbons (Fsp3) is 0.417. The number of carbonyl (C=O) groups is 1. The van der Waals surface area contributed by atoms with Crippen molar-refractivity contribution in [1.82, 2.24) is 4.90 Å². The predicted octanol–water partition coefficient (Wildman–Crippen LogP) is 2.52. The number of likely N-dealkylation sites (N-methyl/N-ethyl adjacent to an activating group) is 1. The Bertz CT molecular complexity index is 580. The van der Waals surface area contributed by atoms with Crippen molar-refractivity contribution in [2.75, 3.05) is 24.8 Å².